The Kier molecular flexibility index (Phi) is 5.83. The van der Waals surface area contributed by atoms with Crippen LogP contribution in [0.25, 0.3) is 0 Å². The van der Waals surface area contributed by atoms with Crippen LogP contribution in [0.2, 0.25) is 0 Å². The van der Waals surface area contributed by atoms with Crippen molar-refractivity contribution in [3.8, 4) is 0 Å². The number of hydrogen-bond acceptors (Lipinski definition) is 3. The largest absolute Gasteiger partial charge is 0.354 e. The number of benzene rings is 1. The van der Waals surface area contributed by atoms with E-state index in [9.17, 15) is 4.79 Å². The number of nitrogens with one attached hydrogen (secondary N) is 1. The molecule has 4 nitrogen and oxygen atoms in total. The van der Waals surface area contributed by atoms with Crippen LogP contribution in [0.5, 0.6) is 0 Å². The minimum Gasteiger partial charge on any atom is -0.354 e. The smallest absolute Gasteiger partial charge is 0.255 e. The SMILES string of the molecule is CCC1CCCCN1C(=O)c1cncc(Nc2ccccc2C(C)(C)C)c1. The molecule has 1 aromatic carbocycles. The monoisotopic (exact) mass is 365 g/mol. The number of hydrogen-bond donors (Lipinski definition) is 1. The van der Waals surface area contributed by atoms with Crippen molar-refractivity contribution in [3.05, 3.63) is 53.9 Å². The highest BCUT2D eigenvalue weighted by atomic mass is 16.2. The lowest BCUT2D eigenvalue weighted by Gasteiger charge is -2.35. The van der Waals surface area contributed by atoms with Crippen LogP contribution in [0.15, 0.2) is 42.7 Å². The molecule has 0 spiro atoms. The number of pyridine rings is 1. The molecule has 0 bridgehead atoms. The van der Waals surface area contributed by atoms with Crippen LogP contribution in [0, 0.1) is 0 Å². The molecular formula is C23H31N3O. The van der Waals surface area contributed by atoms with Gasteiger partial charge in [-0.25, -0.2) is 0 Å². The number of anilines is 2. The number of likely N-dealkylation sites (tertiary alicyclic amines) is 1. The van der Waals surface area contributed by atoms with Crippen molar-refractivity contribution in [3.63, 3.8) is 0 Å². The molecule has 1 aliphatic heterocycles. The van der Waals surface area contributed by atoms with Crippen LogP contribution in [-0.2, 0) is 5.41 Å². The number of carbonyl (C=O) groups excluding carboxylic acids is 1. The molecule has 1 aromatic heterocycles. The van der Waals surface area contributed by atoms with E-state index >= 15 is 0 Å². The quantitative estimate of drug-likeness (QED) is 0.775. The third-order valence-corrected chi connectivity index (χ3v) is 5.36. The number of carbonyl (C=O) groups is 1. The zero-order valence-electron chi connectivity index (χ0n) is 17.0. The highest BCUT2D eigenvalue weighted by Gasteiger charge is 2.26. The van der Waals surface area contributed by atoms with Crippen LogP contribution >= 0.6 is 0 Å². The van der Waals surface area contributed by atoms with E-state index in [2.05, 4.69) is 56.2 Å². The Bertz CT molecular complexity index is 794. The summed E-state index contributed by atoms with van der Waals surface area (Å²) in [4.78, 5) is 19.4. The summed E-state index contributed by atoms with van der Waals surface area (Å²) in [5, 5.41) is 3.47. The summed E-state index contributed by atoms with van der Waals surface area (Å²) in [6.07, 6.45) is 7.88. The fourth-order valence-corrected chi connectivity index (χ4v) is 3.89. The van der Waals surface area contributed by atoms with Crippen molar-refractivity contribution in [1.29, 1.82) is 0 Å². The van der Waals surface area contributed by atoms with Crippen LogP contribution in [0.4, 0.5) is 11.4 Å². The molecule has 144 valence electrons. The summed E-state index contributed by atoms with van der Waals surface area (Å²) >= 11 is 0. The molecule has 1 N–H and O–H groups in total. The molecule has 1 unspecified atom stereocenters. The molecule has 1 atom stereocenters. The molecule has 2 heterocycles. The van der Waals surface area contributed by atoms with Gasteiger partial charge in [0.05, 0.1) is 17.4 Å². The fourth-order valence-electron chi connectivity index (χ4n) is 3.89. The lowest BCUT2D eigenvalue weighted by molar-refractivity contribution is 0.0607. The number of aromatic nitrogens is 1. The fraction of sp³-hybridized carbons (Fsp3) is 0.478. The zero-order valence-corrected chi connectivity index (χ0v) is 17.0. The second-order valence-electron chi connectivity index (χ2n) is 8.44. The van der Waals surface area contributed by atoms with Gasteiger partial charge in [0, 0.05) is 24.5 Å². The molecule has 1 amide bonds. The second kappa shape index (κ2) is 8.12. The zero-order chi connectivity index (χ0) is 19.4. The highest BCUT2D eigenvalue weighted by molar-refractivity contribution is 5.95. The first-order chi connectivity index (χ1) is 12.9. The van der Waals surface area contributed by atoms with E-state index in [1.165, 1.54) is 12.0 Å². The summed E-state index contributed by atoms with van der Waals surface area (Å²) in [6, 6.07) is 10.6. The van der Waals surface area contributed by atoms with Gasteiger partial charge in [0.2, 0.25) is 0 Å². The van der Waals surface area contributed by atoms with Gasteiger partial charge < -0.3 is 10.2 Å². The van der Waals surface area contributed by atoms with Crippen molar-refractivity contribution in [2.75, 3.05) is 11.9 Å². The normalized spacial score (nSPS) is 17.6. The standard InChI is InChI=1S/C23H31N3O/c1-5-19-10-8-9-13-26(19)22(27)17-14-18(16-24-15-17)25-21-12-7-6-11-20(21)23(2,3)4/h6-7,11-12,14-16,19,25H,5,8-10,13H2,1-4H3. The molecule has 3 rings (SSSR count). The van der Waals surface area contributed by atoms with Crippen molar-refractivity contribution >= 4 is 17.3 Å². The van der Waals surface area contributed by atoms with E-state index in [1.807, 2.05) is 17.0 Å². The Morgan fingerprint density at radius 2 is 2.00 bits per heavy atom. The van der Waals surface area contributed by atoms with E-state index in [0.29, 0.717) is 11.6 Å². The number of amides is 1. The summed E-state index contributed by atoms with van der Waals surface area (Å²) in [7, 11) is 0. The average Bonchev–Trinajstić information content (AvgIpc) is 2.67. The maximum Gasteiger partial charge on any atom is 0.255 e. The van der Waals surface area contributed by atoms with Gasteiger partial charge in [-0.15, -0.1) is 0 Å². The Morgan fingerprint density at radius 3 is 2.74 bits per heavy atom. The third kappa shape index (κ3) is 4.49. The van der Waals surface area contributed by atoms with E-state index in [4.69, 9.17) is 0 Å². The molecular weight excluding hydrogens is 334 g/mol. The molecule has 1 aliphatic rings. The van der Waals surface area contributed by atoms with E-state index in [-0.39, 0.29) is 11.3 Å². The summed E-state index contributed by atoms with van der Waals surface area (Å²) < 4.78 is 0. The lowest BCUT2D eigenvalue weighted by Crippen LogP contribution is -2.43. The molecule has 4 heteroatoms. The molecule has 2 aromatic rings. The minimum atomic E-state index is 0.0343. The van der Waals surface area contributed by atoms with Crippen molar-refractivity contribution in [2.24, 2.45) is 0 Å². The first-order valence-corrected chi connectivity index (χ1v) is 10.0. The number of rotatable bonds is 4. The number of piperidine rings is 1. The molecule has 27 heavy (non-hydrogen) atoms. The van der Waals surface area contributed by atoms with Crippen LogP contribution in [-0.4, -0.2) is 28.4 Å². The highest BCUT2D eigenvalue weighted by Crippen LogP contribution is 2.31. The topological polar surface area (TPSA) is 45.2 Å². The molecule has 0 saturated carbocycles. The average molecular weight is 366 g/mol. The van der Waals surface area contributed by atoms with E-state index < -0.39 is 0 Å². The molecule has 1 fully saturated rings. The first kappa shape index (κ1) is 19.4. The third-order valence-electron chi connectivity index (χ3n) is 5.36. The van der Waals surface area contributed by atoms with Gasteiger partial charge in [-0.2, -0.15) is 0 Å². The predicted molar refractivity (Wildman–Crippen MR) is 112 cm³/mol. The van der Waals surface area contributed by atoms with Gasteiger partial charge in [0.1, 0.15) is 0 Å². The minimum absolute atomic E-state index is 0.0343. The van der Waals surface area contributed by atoms with Gasteiger partial charge in [0.15, 0.2) is 0 Å². The van der Waals surface area contributed by atoms with Crippen molar-refractivity contribution in [1.82, 2.24) is 9.88 Å². The van der Waals surface area contributed by atoms with Gasteiger partial charge in [-0.3, -0.25) is 9.78 Å². The molecule has 0 radical (unpaired) electrons. The number of para-hydroxylation sites is 1. The van der Waals surface area contributed by atoms with Gasteiger partial charge in [-0.1, -0.05) is 45.9 Å². The van der Waals surface area contributed by atoms with E-state index in [1.54, 1.807) is 12.4 Å². The Hall–Kier alpha value is -2.36. The maximum atomic E-state index is 13.1. The lowest BCUT2D eigenvalue weighted by atomic mass is 9.86. The predicted octanol–water partition coefficient (Wildman–Crippen LogP) is 5.53. The van der Waals surface area contributed by atoms with Gasteiger partial charge >= 0.3 is 0 Å². The van der Waals surface area contributed by atoms with E-state index in [0.717, 1.165) is 37.2 Å². The second-order valence-corrected chi connectivity index (χ2v) is 8.44. The summed E-state index contributed by atoms with van der Waals surface area (Å²) in [6.45, 7) is 9.62. The molecule has 0 aliphatic carbocycles. The van der Waals surface area contributed by atoms with Gasteiger partial charge in [-0.05, 0) is 48.8 Å². The van der Waals surface area contributed by atoms with Crippen molar-refractivity contribution < 1.29 is 4.79 Å². The van der Waals surface area contributed by atoms with Crippen molar-refractivity contribution in [2.45, 2.75) is 64.8 Å². The maximum absolute atomic E-state index is 13.1. The van der Waals surface area contributed by atoms with Gasteiger partial charge in [0.25, 0.3) is 5.91 Å². The number of nitrogens with zero attached hydrogens (tertiary/aromatic N) is 2. The van der Waals surface area contributed by atoms with Crippen LogP contribution in [0.3, 0.4) is 0 Å². The Balaban J connectivity index is 1.83. The van der Waals surface area contributed by atoms with Crippen LogP contribution < -0.4 is 5.32 Å². The summed E-state index contributed by atoms with van der Waals surface area (Å²) in [5.41, 5.74) is 3.84. The van der Waals surface area contributed by atoms with Crippen LogP contribution in [0.1, 0.15) is 69.3 Å². The first-order valence-electron chi connectivity index (χ1n) is 10.0. The Labute approximate surface area is 163 Å². The summed E-state index contributed by atoms with van der Waals surface area (Å²) in [5.74, 6) is 0.0989. The molecule has 1 saturated heterocycles. The Morgan fingerprint density at radius 1 is 1.22 bits per heavy atom.